The Bertz CT molecular complexity index is 434. The van der Waals surface area contributed by atoms with E-state index in [2.05, 4.69) is 5.32 Å². The molecule has 0 aliphatic heterocycles. The van der Waals surface area contributed by atoms with Crippen molar-refractivity contribution in [1.82, 2.24) is 5.32 Å². The van der Waals surface area contributed by atoms with Gasteiger partial charge in [-0.3, -0.25) is 4.79 Å². The fraction of sp³-hybridized carbons (Fsp3) is 0.467. The molecule has 0 aliphatic rings. The zero-order valence-corrected chi connectivity index (χ0v) is 11.6. The Kier molecular flexibility index (Phi) is 5.10. The molecule has 0 spiro atoms. The quantitative estimate of drug-likeness (QED) is 0.856. The maximum atomic E-state index is 11.8. The van der Waals surface area contributed by atoms with Gasteiger partial charge >= 0.3 is 5.97 Å². The average Bonchev–Trinajstić information content (AvgIpc) is 2.26. The Morgan fingerprint density at radius 3 is 2.26 bits per heavy atom. The minimum Gasteiger partial charge on any atom is -0.480 e. The molecule has 0 aliphatic carbocycles. The summed E-state index contributed by atoms with van der Waals surface area (Å²) in [4.78, 5) is 23.0. The zero-order valence-electron chi connectivity index (χ0n) is 11.6. The van der Waals surface area contributed by atoms with E-state index in [1.807, 2.05) is 51.1 Å². The maximum absolute atomic E-state index is 11.8. The summed E-state index contributed by atoms with van der Waals surface area (Å²) in [6, 6.07) is 8.41. The van der Waals surface area contributed by atoms with Crippen molar-refractivity contribution in [1.29, 1.82) is 0 Å². The van der Waals surface area contributed by atoms with E-state index in [0.29, 0.717) is 12.8 Å². The van der Waals surface area contributed by atoms with Crippen molar-refractivity contribution in [3.63, 3.8) is 0 Å². The lowest BCUT2D eigenvalue weighted by molar-refractivity contribution is -0.142. The number of rotatable bonds is 5. The van der Waals surface area contributed by atoms with Gasteiger partial charge in [-0.25, -0.2) is 4.79 Å². The zero-order chi connectivity index (χ0) is 14.5. The third-order valence-electron chi connectivity index (χ3n) is 2.61. The molecule has 104 valence electrons. The van der Waals surface area contributed by atoms with E-state index in [1.54, 1.807) is 0 Å². The van der Waals surface area contributed by atoms with Gasteiger partial charge in [0.2, 0.25) is 5.91 Å². The van der Waals surface area contributed by atoms with E-state index in [1.165, 1.54) is 0 Å². The van der Waals surface area contributed by atoms with Crippen LogP contribution in [0.4, 0.5) is 0 Å². The molecule has 2 N–H and O–H groups in total. The number of carboxylic acids is 1. The van der Waals surface area contributed by atoms with Crippen LogP contribution in [0.25, 0.3) is 0 Å². The summed E-state index contributed by atoms with van der Waals surface area (Å²) in [5.41, 5.74) is 0.742. The number of amides is 1. The van der Waals surface area contributed by atoms with Crippen LogP contribution in [0, 0.1) is 5.41 Å². The average molecular weight is 263 g/mol. The molecule has 1 amide bonds. The number of aliphatic carboxylic acids is 1. The molecule has 0 unspecified atom stereocenters. The Balaban J connectivity index is 2.64. The first kappa shape index (κ1) is 15.2. The van der Waals surface area contributed by atoms with Gasteiger partial charge < -0.3 is 10.4 Å². The van der Waals surface area contributed by atoms with E-state index >= 15 is 0 Å². The van der Waals surface area contributed by atoms with Crippen LogP contribution in [0.1, 0.15) is 32.8 Å². The second kappa shape index (κ2) is 6.36. The number of benzene rings is 1. The largest absolute Gasteiger partial charge is 0.480 e. The van der Waals surface area contributed by atoms with Crippen LogP contribution in [0.15, 0.2) is 30.3 Å². The van der Waals surface area contributed by atoms with Gasteiger partial charge in [-0.05, 0) is 11.0 Å². The van der Waals surface area contributed by atoms with Crippen molar-refractivity contribution in [3.05, 3.63) is 35.9 Å². The van der Waals surface area contributed by atoms with Crippen molar-refractivity contribution < 1.29 is 14.7 Å². The second-order valence-electron chi connectivity index (χ2n) is 5.89. The lowest BCUT2D eigenvalue weighted by atomic mass is 9.91. The van der Waals surface area contributed by atoms with Gasteiger partial charge in [-0.15, -0.1) is 0 Å². The molecular formula is C15H21NO3. The fourth-order valence-electron chi connectivity index (χ4n) is 1.78. The minimum atomic E-state index is -1.01. The summed E-state index contributed by atoms with van der Waals surface area (Å²) in [6.07, 6.45) is 0.609. The predicted octanol–water partition coefficient (Wildman–Crippen LogP) is 2.23. The van der Waals surface area contributed by atoms with Crippen LogP contribution in [-0.4, -0.2) is 23.0 Å². The van der Waals surface area contributed by atoms with E-state index in [4.69, 9.17) is 5.11 Å². The highest BCUT2D eigenvalue weighted by Gasteiger charge is 2.23. The second-order valence-corrected chi connectivity index (χ2v) is 5.89. The highest BCUT2D eigenvalue weighted by molar-refractivity contribution is 5.84. The fourth-order valence-corrected chi connectivity index (χ4v) is 1.78. The van der Waals surface area contributed by atoms with Crippen LogP contribution in [0.3, 0.4) is 0 Å². The van der Waals surface area contributed by atoms with Crippen LogP contribution >= 0.6 is 0 Å². The molecule has 0 aromatic heterocycles. The molecule has 19 heavy (non-hydrogen) atoms. The summed E-state index contributed by atoms with van der Waals surface area (Å²) in [7, 11) is 0. The summed E-state index contributed by atoms with van der Waals surface area (Å²) in [5.74, 6) is -1.23. The monoisotopic (exact) mass is 263 g/mol. The molecular weight excluding hydrogens is 242 g/mol. The number of hydrogen-bond acceptors (Lipinski definition) is 2. The highest BCUT2D eigenvalue weighted by Crippen LogP contribution is 2.18. The van der Waals surface area contributed by atoms with Gasteiger partial charge in [0.1, 0.15) is 6.04 Å². The normalized spacial score (nSPS) is 12.8. The van der Waals surface area contributed by atoms with E-state index in [9.17, 15) is 9.59 Å². The Morgan fingerprint density at radius 1 is 1.21 bits per heavy atom. The molecule has 0 fully saturated rings. The van der Waals surface area contributed by atoms with Crippen molar-refractivity contribution in [3.8, 4) is 0 Å². The van der Waals surface area contributed by atoms with E-state index in [-0.39, 0.29) is 11.3 Å². The molecule has 4 heteroatoms. The molecule has 0 saturated heterocycles. The number of carbonyl (C=O) groups is 2. The third-order valence-corrected chi connectivity index (χ3v) is 2.61. The number of nitrogens with one attached hydrogen (secondary N) is 1. The number of carbonyl (C=O) groups excluding carboxylic acids is 1. The van der Waals surface area contributed by atoms with Crippen LogP contribution in [-0.2, 0) is 16.0 Å². The summed E-state index contributed by atoms with van der Waals surface area (Å²) in [5, 5.41) is 11.8. The van der Waals surface area contributed by atoms with Crippen molar-refractivity contribution >= 4 is 11.9 Å². The Hall–Kier alpha value is -1.84. The van der Waals surface area contributed by atoms with Crippen molar-refractivity contribution in [2.45, 2.75) is 39.7 Å². The predicted molar refractivity (Wildman–Crippen MR) is 73.8 cm³/mol. The van der Waals surface area contributed by atoms with Crippen molar-refractivity contribution in [2.75, 3.05) is 0 Å². The number of carboxylic acid groups (broad SMARTS) is 1. The molecule has 1 aromatic carbocycles. The van der Waals surface area contributed by atoms with Gasteiger partial charge in [0, 0.05) is 12.8 Å². The highest BCUT2D eigenvalue weighted by atomic mass is 16.4. The molecule has 1 atom stereocenters. The van der Waals surface area contributed by atoms with Gasteiger partial charge in [-0.1, -0.05) is 51.1 Å². The molecule has 1 aromatic rings. The lowest BCUT2D eigenvalue weighted by Gasteiger charge is -2.20. The van der Waals surface area contributed by atoms with Crippen LogP contribution in [0.5, 0.6) is 0 Å². The molecule has 0 radical (unpaired) electrons. The van der Waals surface area contributed by atoms with Gasteiger partial charge in [0.15, 0.2) is 0 Å². The van der Waals surface area contributed by atoms with Crippen LogP contribution in [0.2, 0.25) is 0 Å². The Morgan fingerprint density at radius 2 is 1.79 bits per heavy atom. The molecule has 0 heterocycles. The van der Waals surface area contributed by atoms with Crippen molar-refractivity contribution in [2.24, 2.45) is 5.41 Å². The maximum Gasteiger partial charge on any atom is 0.326 e. The van der Waals surface area contributed by atoms with E-state index < -0.39 is 12.0 Å². The van der Waals surface area contributed by atoms with Gasteiger partial charge in [0.25, 0.3) is 0 Å². The topological polar surface area (TPSA) is 66.4 Å². The standard InChI is InChI=1S/C15H21NO3/c1-15(2,3)10-13(17)16-12(14(18)19)9-11-7-5-4-6-8-11/h4-8,12H,9-10H2,1-3H3,(H,16,17)(H,18,19)/t12-/m1/s1. The lowest BCUT2D eigenvalue weighted by Crippen LogP contribution is -2.43. The molecule has 1 rings (SSSR count). The number of hydrogen-bond donors (Lipinski definition) is 2. The van der Waals surface area contributed by atoms with Gasteiger partial charge in [-0.2, -0.15) is 0 Å². The Labute approximate surface area is 113 Å². The first-order valence-electron chi connectivity index (χ1n) is 6.34. The summed E-state index contributed by atoms with van der Waals surface area (Å²) in [6.45, 7) is 5.83. The first-order chi connectivity index (χ1) is 8.78. The first-order valence-corrected chi connectivity index (χ1v) is 6.34. The van der Waals surface area contributed by atoms with Crippen LogP contribution < -0.4 is 5.32 Å². The molecule has 0 saturated carbocycles. The molecule has 4 nitrogen and oxygen atoms in total. The molecule has 0 bridgehead atoms. The smallest absolute Gasteiger partial charge is 0.326 e. The minimum absolute atomic E-state index is 0.153. The van der Waals surface area contributed by atoms with E-state index in [0.717, 1.165) is 5.56 Å². The van der Waals surface area contributed by atoms with Gasteiger partial charge in [0.05, 0.1) is 0 Å². The summed E-state index contributed by atoms with van der Waals surface area (Å²) < 4.78 is 0. The summed E-state index contributed by atoms with van der Waals surface area (Å²) >= 11 is 0. The SMILES string of the molecule is CC(C)(C)CC(=O)N[C@H](Cc1ccccc1)C(=O)O. The third kappa shape index (κ3) is 6.04.